The molecule has 2 unspecified atom stereocenters. The Balaban J connectivity index is 1.39. The summed E-state index contributed by atoms with van der Waals surface area (Å²) < 4.78 is 34.1. The maximum atomic E-state index is 13.5. The lowest BCUT2D eigenvalue weighted by Gasteiger charge is -2.38. The molecule has 2 saturated heterocycles. The topological polar surface area (TPSA) is 55.2 Å². The predicted molar refractivity (Wildman–Crippen MR) is 110 cm³/mol. The molecule has 0 saturated carbocycles. The van der Waals surface area contributed by atoms with Gasteiger partial charge in [0.1, 0.15) is 18.0 Å². The second-order valence-corrected chi connectivity index (χ2v) is 8.02. The van der Waals surface area contributed by atoms with Gasteiger partial charge in [-0.1, -0.05) is 0 Å². The first kappa shape index (κ1) is 19.0. The van der Waals surface area contributed by atoms with Gasteiger partial charge >= 0.3 is 0 Å². The molecule has 0 aliphatic carbocycles. The van der Waals surface area contributed by atoms with Crippen LogP contribution >= 0.6 is 0 Å². The summed E-state index contributed by atoms with van der Waals surface area (Å²) in [4.78, 5) is 6.68. The lowest BCUT2D eigenvalue weighted by atomic mass is 9.91. The van der Waals surface area contributed by atoms with Gasteiger partial charge in [-0.2, -0.15) is 4.98 Å². The zero-order valence-electron chi connectivity index (χ0n) is 16.7. The van der Waals surface area contributed by atoms with Crippen molar-refractivity contribution in [2.24, 2.45) is 5.92 Å². The average molecular weight is 411 g/mol. The van der Waals surface area contributed by atoms with Crippen molar-refractivity contribution in [1.82, 2.24) is 14.8 Å². The van der Waals surface area contributed by atoms with Gasteiger partial charge in [-0.05, 0) is 55.7 Å². The molecule has 2 atom stereocenters. The van der Waals surface area contributed by atoms with Crippen molar-refractivity contribution in [3.63, 3.8) is 0 Å². The van der Waals surface area contributed by atoms with E-state index in [9.17, 15) is 8.78 Å². The lowest BCUT2D eigenvalue weighted by molar-refractivity contribution is 0.184. The monoisotopic (exact) mass is 411 g/mol. The number of aryl methyl sites for hydroxylation is 1. The van der Waals surface area contributed by atoms with Gasteiger partial charge in [0.25, 0.3) is 0 Å². The van der Waals surface area contributed by atoms with E-state index in [1.807, 2.05) is 6.07 Å². The van der Waals surface area contributed by atoms with E-state index in [-0.39, 0.29) is 5.69 Å². The molecule has 8 heteroatoms. The number of benzene rings is 2. The largest absolute Gasteiger partial charge is 0.379 e. The number of hydrogen-bond donors (Lipinski definition) is 1. The Kier molecular flexibility index (Phi) is 4.86. The van der Waals surface area contributed by atoms with E-state index in [1.165, 1.54) is 29.6 Å². The molecule has 5 rings (SSSR count). The van der Waals surface area contributed by atoms with Crippen LogP contribution in [0, 0.1) is 24.5 Å². The summed E-state index contributed by atoms with van der Waals surface area (Å²) in [6.45, 7) is 4.70. The summed E-state index contributed by atoms with van der Waals surface area (Å²) in [5, 5.41) is 7.53. The van der Waals surface area contributed by atoms with Crippen molar-refractivity contribution in [3.05, 3.63) is 59.9 Å². The first-order valence-corrected chi connectivity index (χ1v) is 10.2. The summed E-state index contributed by atoms with van der Waals surface area (Å²) >= 11 is 0. The quantitative estimate of drug-likeness (QED) is 0.697. The summed E-state index contributed by atoms with van der Waals surface area (Å²) in [6, 6.07) is 9.98. The van der Waals surface area contributed by atoms with Crippen LogP contribution < -0.4 is 10.2 Å². The number of fused-ring (bicyclic) bond motifs is 1. The van der Waals surface area contributed by atoms with Crippen LogP contribution in [0.15, 0.2) is 42.7 Å². The Morgan fingerprint density at radius 1 is 1.03 bits per heavy atom. The average Bonchev–Trinajstić information content (AvgIpc) is 3.36. The van der Waals surface area contributed by atoms with E-state index in [2.05, 4.69) is 39.4 Å². The molecule has 0 radical (unpaired) electrons. The van der Waals surface area contributed by atoms with Gasteiger partial charge in [-0.3, -0.25) is 0 Å². The molecule has 0 bridgehead atoms. The lowest BCUT2D eigenvalue weighted by Crippen LogP contribution is -2.45. The fraction of sp³-hybridized carbons (Fsp3) is 0.364. The predicted octanol–water partition coefficient (Wildman–Crippen LogP) is 4.21. The number of nitrogens with zero attached hydrogens (tertiary/aromatic N) is 4. The number of aromatic nitrogens is 3. The van der Waals surface area contributed by atoms with Crippen molar-refractivity contribution in [2.45, 2.75) is 25.8 Å². The molecule has 2 aromatic carbocycles. The SMILES string of the molecule is Cc1cc(Nc2ncn(-c3cc(F)cc(F)c3)n2)cc(N2CCCC3COCC32)c1. The highest BCUT2D eigenvalue weighted by molar-refractivity contribution is 5.64. The van der Waals surface area contributed by atoms with Crippen molar-refractivity contribution in [2.75, 3.05) is 30.0 Å². The minimum Gasteiger partial charge on any atom is -0.379 e. The Labute approximate surface area is 173 Å². The maximum absolute atomic E-state index is 13.5. The van der Waals surface area contributed by atoms with Crippen molar-refractivity contribution >= 4 is 17.3 Å². The Hall–Kier alpha value is -3.00. The second kappa shape index (κ2) is 7.68. The molecule has 1 N–H and O–H groups in total. The Morgan fingerprint density at radius 2 is 1.87 bits per heavy atom. The van der Waals surface area contributed by atoms with Crippen molar-refractivity contribution < 1.29 is 13.5 Å². The van der Waals surface area contributed by atoms with Crippen LogP contribution in [0.25, 0.3) is 5.69 Å². The standard InChI is InChI=1S/C22H23F2N5O/c1-14-5-18(10-19(6-14)28-4-2-3-15-11-30-12-21(15)28)26-22-25-13-29(27-22)20-8-16(23)7-17(24)9-20/h5-10,13,15,21H,2-4,11-12H2,1H3,(H,26,27). The number of piperidine rings is 1. The Bertz CT molecular complexity index is 1050. The third-order valence-electron chi connectivity index (χ3n) is 5.79. The fourth-order valence-corrected chi connectivity index (χ4v) is 4.46. The molecule has 2 aliphatic heterocycles. The molecule has 1 aromatic heterocycles. The number of ether oxygens (including phenoxy) is 1. The smallest absolute Gasteiger partial charge is 0.246 e. The van der Waals surface area contributed by atoms with E-state index >= 15 is 0 Å². The van der Waals surface area contributed by atoms with Crippen LogP contribution in [0.2, 0.25) is 0 Å². The van der Waals surface area contributed by atoms with Crippen molar-refractivity contribution in [1.29, 1.82) is 0 Å². The highest BCUT2D eigenvalue weighted by Crippen LogP contribution is 2.34. The van der Waals surface area contributed by atoms with E-state index < -0.39 is 11.6 Å². The summed E-state index contributed by atoms with van der Waals surface area (Å²) in [6.07, 6.45) is 3.82. The molecule has 3 heterocycles. The molecule has 30 heavy (non-hydrogen) atoms. The number of hydrogen-bond acceptors (Lipinski definition) is 5. The van der Waals surface area contributed by atoms with Crippen LogP contribution in [-0.4, -0.2) is 40.6 Å². The van der Waals surface area contributed by atoms with E-state index in [0.29, 0.717) is 17.9 Å². The summed E-state index contributed by atoms with van der Waals surface area (Å²) in [5.41, 5.74) is 3.43. The third-order valence-corrected chi connectivity index (χ3v) is 5.79. The van der Waals surface area contributed by atoms with Crippen LogP contribution in [-0.2, 0) is 4.74 Å². The molecule has 0 amide bonds. The first-order valence-electron chi connectivity index (χ1n) is 10.2. The molecule has 156 valence electrons. The molecule has 2 fully saturated rings. The van der Waals surface area contributed by atoms with Gasteiger partial charge in [-0.15, -0.1) is 5.10 Å². The van der Waals surface area contributed by atoms with Crippen LogP contribution in [0.5, 0.6) is 0 Å². The zero-order chi connectivity index (χ0) is 20.7. The molecule has 0 spiro atoms. The zero-order valence-corrected chi connectivity index (χ0v) is 16.7. The Morgan fingerprint density at radius 3 is 2.70 bits per heavy atom. The highest BCUT2D eigenvalue weighted by atomic mass is 19.1. The third kappa shape index (κ3) is 3.75. The fourth-order valence-electron chi connectivity index (χ4n) is 4.46. The van der Waals surface area contributed by atoms with Gasteiger partial charge in [0, 0.05) is 29.9 Å². The summed E-state index contributed by atoms with van der Waals surface area (Å²) in [7, 11) is 0. The molecule has 3 aromatic rings. The molecule has 2 aliphatic rings. The molecular formula is C22H23F2N5O. The van der Waals surface area contributed by atoms with E-state index in [4.69, 9.17) is 4.74 Å². The normalized spacial score (nSPS) is 21.0. The van der Waals surface area contributed by atoms with E-state index in [1.54, 1.807) is 0 Å². The number of rotatable bonds is 4. The minimum atomic E-state index is -0.658. The number of anilines is 3. The van der Waals surface area contributed by atoms with Gasteiger partial charge in [-0.25, -0.2) is 13.5 Å². The number of nitrogens with one attached hydrogen (secondary N) is 1. The van der Waals surface area contributed by atoms with E-state index in [0.717, 1.165) is 49.2 Å². The second-order valence-electron chi connectivity index (χ2n) is 8.02. The minimum absolute atomic E-state index is 0.276. The van der Waals surface area contributed by atoms with Gasteiger partial charge in [0.15, 0.2) is 0 Å². The highest BCUT2D eigenvalue weighted by Gasteiger charge is 2.36. The van der Waals surface area contributed by atoms with Crippen LogP contribution in [0.3, 0.4) is 0 Å². The van der Waals surface area contributed by atoms with Crippen LogP contribution in [0.1, 0.15) is 18.4 Å². The molecule has 6 nitrogen and oxygen atoms in total. The van der Waals surface area contributed by atoms with Gasteiger partial charge < -0.3 is 15.0 Å². The number of halogens is 2. The van der Waals surface area contributed by atoms with Gasteiger partial charge in [0.2, 0.25) is 5.95 Å². The molecular weight excluding hydrogens is 388 g/mol. The summed E-state index contributed by atoms with van der Waals surface area (Å²) in [5.74, 6) is -0.361. The van der Waals surface area contributed by atoms with Crippen molar-refractivity contribution in [3.8, 4) is 5.69 Å². The van der Waals surface area contributed by atoms with Gasteiger partial charge in [0.05, 0.1) is 24.9 Å². The maximum Gasteiger partial charge on any atom is 0.246 e. The first-order chi connectivity index (χ1) is 14.5. The van der Waals surface area contributed by atoms with Crippen LogP contribution in [0.4, 0.5) is 26.1 Å².